The third-order valence-corrected chi connectivity index (χ3v) is 7.41. The number of nitrogens with zero attached hydrogens (tertiary/aromatic N) is 3. The predicted octanol–water partition coefficient (Wildman–Crippen LogP) is 5.78. The Morgan fingerprint density at radius 3 is 2.76 bits per heavy atom. The van der Waals surface area contributed by atoms with E-state index in [4.69, 9.17) is 16.6 Å². The highest BCUT2D eigenvalue weighted by Gasteiger charge is 2.23. The molecule has 1 fully saturated rings. The predicted molar refractivity (Wildman–Crippen MR) is 125 cm³/mol. The van der Waals surface area contributed by atoms with E-state index in [1.54, 1.807) is 11.8 Å². The molecule has 0 amide bonds. The van der Waals surface area contributed by atoms with Gasteiger partial charge in [0.15, 0.2) is 5.17 Å². The maximum atomic E-state index is 6.38. The van der Waals surface area contributed by atoms with Crippen molar-refractivity contribution in [2.24, 2.45) is 16.0 Å². The van der Waals surface area contributed by atoms with Crippen LogP contribution in [-0.4, -0.2) is 27.2 Å². The minimum absolute atomic E-state index is 0.441. The summed E-state index contributed by atoms with van der Waals surface area (Å²) in [6, 6.07) is 10.7. The number of nitrogens with one attached hydrogen (secondary N) is 1. The minimum Gasteiger partial charge on any atom is -0.344 e. The summed E-state index contributed by atoms with van der Waals surface area (Å²) in [4.78, 5) is 4.96. The van der Waals surface area contributed by atoms with Gasteiger partial charge in [-0.1, -0.05) is 61.3 Å². The van der Waals surface area contributed by atoms with Gasteiger partial charge >= 0.3 is 0 Å². The Morgan fingerprint density at radius 1 is 1.24 bits per heavy atom. The van der Waals surface area contributed by atoms with Crippen LogP contribution in [0.1, 0.15) is 55.1 Å². The van der Waals surface area contributed by atoms with Crippen molar-refractivity contribution in [2.75, 3.05) is 5.75 Å². The number of benzene rings is 1. The van der Waals surface area contributed by atoms with Crippen LogP contribution in [0.2, 0.25) is 5.02 Å². The lowest BCUT2D eigenvalue weighted by Gasteiger charge is -2.26. The highest BCUT2D eigenvalue weighted by atomic mass is 35.5. The van der Waals surface area contributed by atoms with Crippen molar-refractivity contribution in [1.82, 2.24) is 9.99 Å². The molecule has 1 aliphatic carbocycles. The molecule has 29 heavy (non-hydrogen) atoms. The lowest BCUT2D eigenvalue weighted by Crippen LogP contribution is -2.29. The fourth-order valence-corrected chi connectivity index (χ4v) is 5.30. The van der Waals surface area contributed by atoms with E-state index >= 15 is 0 Å². The topological polar surface area (TPSA) is 41.7 Å². The van der Waals surface area contributed by atoms with E-state index in [-0.39, 0.29) is 0 Å². The Morgan fingerprint density at radius 2 is 2.03 bits per heavy atom. The maximum absolute atomic E-state index is 6.38. The molecule has 2 aliphatic rings. The number of halogens is 1. The summed E-state index contributed by atoms with van der Waals surface area (Å²) in [6.07, 6.45) is 5.13. The summed E-state index contributed by atoms with van der Waals surface area (Å²) >= 11 is 8.15. The zero-order valence-electron chi connectivity index (χ0n) is 17.4. The van der Waals surface area contributed by atoms with Gasteiger partial charge in [-0.05, 0) is 50.3 Å². The van der Waals surface area contributed by atoms with Crippen LogP contribution in [-0.2, 0) is 6.54 Å². The fourth-order valence-electron chi connectivity index (χ4n) is 4.29. The number of aryl methyl sites for hydroxylation is 1. The quantitative estimate of drug-likeness (QED) is 0.670. The molecule has 2 atom stereocenters. The van der Waals surface area contributed by atoms with Gasteiger partial charge in [0.1, 0.15) is 0 Å². The van der Waals surface area contributed by atoms with Crippen LogP contribution in [0.15, 0.2) is 40.4 Å². The van der Waals surface area contributed by atoms with Crippen molar-refractivity contribution in [3.05, 3.63) is 57.9 Å². The number of amidine groups is 1. The van der Waals surface area contributed by atoms with Crippen LogP contribution in [0.25, 0.3) is 0 Å². The normalized spacial score (nSPS) is 23.7. The molecule has 1 aromatic heterocycles. The number of rotatable bonds is 4. The van der Waals surface area contributed by atoms with E-state index in [1.807, 2.05) is 18.2 Å². The Balaban J connectivity index is 1.51. The summed E-state index contributed by atoms with van der Waals surface area (Å²) in [7, 11) is 0. The van der Waals surface area contributed by atoms with Gasteiger partial charge in [-0.25, -0.2) is 0 Å². The number of hydrazone groups is 1. The zero-order valence-corrected chi connectivity index (χ0v) is 19.0. The monoisotopic (exact) mass is 428 g/mol. The standard InChI is InChI=1S/C23H29ClN4S/c1-15-8-4-7-11-21(15)25-23-27-26-22(14-29-23)19-12-16(2)28(17(19)3)13-18-9-5-6-10-20(18)24/h5-6,9-10,12,15,21H,4,7-8,11,13-14H2,1-3H3,(H,25,27). The second-order valence-electron chi connectivity index (χ2n) is 8.18. The van der Waals surface area contributed by atoms with Crippen molar-refractivity contribution in [3.63, 3.8) is 0 Å². The van der Waals surface area contributed by atoms with Gasteiger partial charge in [-0.15, -0.1) is 0 Å². The van der Waals surface area contributed by atoms with Gasteiger partial charge < -0.3 is 4.57 Å². The first kappa shape index (κ1) is 20.5. The van der Waals surface area contributed by atoms with Crippen molar-refractivity contribution < 1.29 is 0 Å². The van der Waals surface area contributed by atoms with E-state index in [9.17, 15) is 0 Å². The molecule has 1 saturated carbocycles. The largest absolute Gasteiger partial charge is 0.344 e. The molecule has 6 heteroatoms. The minimum atomic E-state index is 0.441. The molecule has 2 aromatic rings. The SMILES string of the molecule is Cc1cc(C2=NNC(=NC3CCCCC3C)SC2)c(C)n1Cc1ccccc1Cl. The molecule has 154 valence electrons. The van der Waals surface area contributed by atoms with E-state index < -0.39 is 0 Å². The average molecular weight is 429 g/mol. The molecule has 1 aliphatic heterocycles. The lowest BCUT2D eigenvalue weighted by atomic mass is 9.86. The molecular weight excluding hydrogens is 400 g/mol. The highest BCUT2D eigenvalue weighted by molar-refractivity contribution is 8.14. The molecule has 1 N–H and O–H groups in total. The van der Waals surface area contributed by atoms with Crippen molar-refractivity contribution in [1.29, 1.82) is 0 Å². The Labute approximate surface area is 182 Å². The third kappa shape index (κ3) is 4.56. The molecule has 4 nitrogen and oxygen atoms in total. The number of hydrogen-bond donors (Lipinski definition) is 1. The second-order valence-corrected chi connectivity index (χ2v) is 9.56. The number of aromatic nitrogens is 1. The summed E-state index contributed by atoms with van der Waals surface area (Å²) in [5.74, 6) is 1.52. The molecular formula is C23H29ClN4S. The first-order valence-corrected chi connectivity index (χ1v) is 11.8. The summed E-state index contributed by atoms with van der Waals surface area (Å²) in [5, 5.41) is 6.47. The average Bonchev–Trinajstić information content (AvgIpc) is 3.00. The van der Waals surface area contributed by atoms with Gasteiger partial charge in [0.05, 0.1) is 11.8 Å². The van der Waals surface area contributed by atoms with Crippen LogP contribution in [0.3, 0.4) is 0 Å². The summed E-state index contributed by atoms with van der Waals surface area (Å²) in [6.45, 7) is 7.41. The number of hydrogen-bond acceptors (Lipinski definition) is 3. The van der Waals surface area contributed by atoms with Crippen molar-refractivity contribution >= 4 is 34.2 Å². The molecule has 4 rings (SSSR count). The van der Waals surface area contributed by atoms with Crippen molar-refractivity contribution in [3.8, 4) is 0 Å². The Hall–Kier alpha value is -1.72. The van der Waals surface area contributed by atoms with E-state index in [1.165, 1.54) is 42.6 Å². The van der Waals surface area contributed by atoms with Crippen LogP contribution in [0.5, 0.6) is 0 Å². The van der Waals surface area contributed by atoms with Gasteiger partial charge in [-0.2, -0.15) is 5.10 Å². The van der Waals surface area contributed by atoms with Crippen LogP contribution in [0.4, 0.5) is 0 Å². The van der Waals surface area contributed by atoms with Crippen LogP contribution in [0, 0.1) is 19.8 Å². The fraction of sp³-hybridized carbons (Fsp3) is 0.478. The summed E-state index contributed by atoms with van der Waals surface area (Å²) < 4.78 is 2.32. The number of aliphatic imine (C=N–C) groups is 1. The highest BCUT2D eigenvalue weighted by Crippen LogP contribution is 2.28. The lowest BCUT2D eigenvalue weighted by molar-refractivity contribution is 0.333. The first-order valence-electron chi connectivity index (χ1n) is 10.5. The van der Waals surface area contributed by atoms with Crippen molar-refractivity contribution in [2.45, 2.75) is 59.0 Å². The van der Waals surface area contributed by atoms with Gasteiger partial charge in [-0.3, -0.25) is 10.4 Å². The summed E-state index contributed by atoms with van der Waals surface area (Å²) in [5.41, 5.74) is 9.10. The number of thioether (sulfide) groups is 1. The van der Waals surface area contributed by atoms with E-state index in [2.05, 4.69) is 48.0 Å². The molecule has 0 radical (unpaired) electrons. The Kier molecular flexibility index (Phi) is 6.35. The van der Waals surface area contributed by atoms with Crippen LogP contribution >= 0.6 is 23.4 Å². The smallest absolute Gasteiger partial charge is 0.177 e. The maximum Gasteiger partial charge on any atom is 0.177 e. The Bertz CT molecular complexity index is 946. The van der Waals surface area contributed by atoms with Gasteiger partial charge in [0, 0.05) is 34.3 Å². The second kappa shape index (κ2) is 8.97. The van der Waals surface area contributed by atoms with Crippen LogP contribution < -0.4 is 5.43 Å². The third-order valence-electron chi connectivity index (χ3n) is 6.15. The molecule has 0 bridgehead atoms. The molecule has 0 saturated heterocycles. The van der Waals surface area contributed by atoms with E-state index in [0.717, 1.165) is 33.8 Å². The molecule has 2 heterocycles. The van der Waals surface area contributed by atoms with Gasteiger partial charge in [0.2, 0.25) is 0 Å². The van der Waals surface area contributed by atoms with E-state index in [0.29, 0.717) is 12.0 Å². The zero-order chi connectivity index (χ0) is 20.4. The molecule has 0 spiro atoms. The first-order chi connectivity index (χ1) is 14.0. The van der Waals surface area contributed by atoms with Gasteiger partial charge in [0.25, 0.3) is 0 Å². The molecule has 1 aromatic carbocycles. The molecule has 2 unspecified atom stereocenters.